The molecule has 1 amide bonds. The predicted molar refractivity (Wildman–Crippen MR) is 95.4 cm³/mol. The molecular weight excluding hydrogens is 362 g/mol. The Bertz CT molecular complexity index is 742. The van der Waals surface area contributed by atoms with Crippen molar-refractivity contribution in [3.8, 4) is 0 Å². The standard InChI is InChI=1S/C16H12BrN3OS/c17-12-8-6-11(7-9-12)10-14-15(21)18-16(22-14)20-19-13-4-2-1-3-5-13/h1-10,19H,(H,18,20,21). The van der Waals surface area contributed by atoms with Gasteiger partial charge in [0.15, 0.2) is 5.17 Å². The Balaban J connectivity index is 1.71. The average molecular weight is 374 g/mol. The summed E-state index contributed by atoms with van der Waals surface area (Å²) in [5.74, 6) is -0.137. The highest BCUT2D eigenvalue weighted by molar-refractivity contribution is 9.10. The van der Waals surface area contributed by atoms with Crippen molar-refractivity contribution in [1.29, 1.82) is 0 Å². The Morgan fingerprint density at radius 1 is 1.09 bits per heavy atom. The lowest BCUT2D eigenvalue weighted by Gasteiger charge is -1.99. The van der Waals surface area contributed by atoms with Gasteiger partial charge in [0, 0.05) is 4.47 Å². The van der Waals surface area contributed by atoms with Gasteiger partial charge in [-0.05, 0) is 47.7 Å². The molecule has 0 unspecified atom stereocenters. The van der Waals surface area contributed by atoms with E-state index < -0.39 is 0 Å². The van der Waals surface area contributed by atoms with E-state index in [1.54, 1.807) is 0 Å². The van der Waals surface area contributed by atoms with E-state index >= 15 is 0 Å². The molecule has 6 heteroatoms. The summed E-state index contributed by atoms with van der Waals surface area (Å²) in [6.07, 6.45) is 1.84. The van der Waals surface area contributed by atoms with Crippen molar-refractivity contribution in [2.75, 3.05) is 5.43 Å². The fourth-order valence-corrected chi connectivity index (χ4v) is 2.87. The van der Waals surface area contributed by atoms with E-state index in [1.165, 1.54) is 11.8 Å². The predicted octanol–water partition coefficient (Wildman–Crippen LogP) is 4.04. The van der Waals surface area contributed by atoms with Crippen LogP contribution in [0.1, 0.15) is 5.56 Å². The molecule has 110 valence electrons. The SMILES string of the molecule is O=C1N/C(=N\Nc2ccccc2)SC1=Cc1ccc(Br)cc1. The van der Waals surface area contributed by atoms with Gasteiger partial charge >= 0.3 is 0 Å². The summed E-state index contributed by atoms with van der Waals surface area (Å²) in [5, 5.41) is 7.48. The van der Waals surface area contributed by atoms with Gasteiger partial charge in [-0.3, -0.25) is 15.5 Å². The topological polar surface area (TPSA) is 53.5 Å². The quantitative estimate of drug-likeness (QED) is 0.630. The number of nitrogens with zero attached hydrogens (tertiary/aromatic N) is 1. The first-order valence-electron chi connectivity index (χ1n) is 6.56. The molecule has 4 nitrogen and oxygen atoms in total. The minimum absolute atomic E-state index is 0.137. The van der Waals surface area contributed by atoms with Crippen molar-refractivity contribution in [2.24, 2.45) is 5.10 Å². The Kier molecular flexibility index (Phi) is 4.60. The van der Waals surface area contributed by atoms with E-state index in [4.69, 9.17) is 0 Å². The number of amides is 1. The molecule has 0 spiro atoms. The molecule has 22 heavy (non-hydrogen) atoms. The summed E-state index contributed by atoms with van der Waals surface area (Å²) in [7, 11) is 0. The molecule has 1 heterocycles. The van der Waals surface area contributed by atoms with Crippen LogP contribution in [0, 0.1) is 0 Å². The van der Waals surface area contributed by atoms with Crippen LogP contribution in [0.15, 0.2) is 69.1 Å². The summed E-state index contributed by atoms with van der Waals surface area (Å²) in [6, 6.07) is 17.4. The van der Waals surface area contributed by atoms with E-state index in [-0.39, 0.29) is 5.91 Å². The van der Waals surface area contributed by atoms with Gasteiger partial charge in [0.2, 0.25) is 0 Å². The van der Waals surface area contributed by atoms with Gasteiger partial charge in [-0.15, -0.1) is 5.10 Å². The number of thioether (sulfide) groups is 1. The van der Waals surface area contributed by atoms with Crippen LogP contribution in [0.2, 0.25) is 0 Å². The summed E-state index contributed by atoms with van der Waals surface area (Å²) in [6.45, 7) is 0. The first kappa shape index (κ1) is 14.9. The number of halogens is 1. The van der Waals surface area contributed by atoms with Gasteiger partial charge in [0.05, 0.1) is 10.6 Å². The van der Waals surface area contributed by atoms with Crippen molar-refractivity contribution >= 4 is 50.5 Å². The number of hydrogen-bond acceptors (Lipinski definition) is 4. The summed E-state index contributed by atoms with van der Waals surface area (Å²) in [5.41, 5.74) is 4.76. The van der Waals surface area contributed by atoms with E-state index in [9.17, 15) is 4.79 Å². The molecule has 0 radical (unpaired) electrons. The summed E-state index contributed by atoms with van der Waals surface area (Å²) in [4.78, 5) is 12.6. The third-order valence-corrected chi connectivity index (χ3v) is 4.32. The fourth-order valence-electron chi connectivity index (χ4n) is 1.82. The number of nitrogens with one attached hydrogen (secondary N) is 2. The molecule has 2 N–H and O–H groups in total. The first-order valence-corrected chi connectivity index (χ1v) is 8.17. The number of amidine groups is 1. The zero-order valence-electron chi connectivity index (χ0n) is 11.4. The smallest absolute Gasteiger partial charge is 0.264 e. The van der Waals surface area contributed by atoms with Crippen LogP contribution < -0.4 is 10.7 Å². The Hall–Kier alpha value is -2.05. The van der Waals surface area contributed by atoms with Gasteiger partial charge < -0.3 is 0 Å². The fraction of sp³-hybridized carbons (Fsp3) is 0. The lowest BCUT2D eigenvalue weighted by Crippen LogP contribution is -2.20. The molecule has 0 aliphatic carbocycles. The molecule has 0 bridgehead atoms. The maximum absolute atomic E-state index is 11.9. The third kappa shape index (κ3) is 3.78. The van der Waals surface area contributed by atoms with E-state index in [0.717, 1.165) is 15.7 Å². The van der Waals surface area contributed by atoms with Crippen LogP contribution in [0.5, 0.6) is 0 Å². The number of hydrogen-bond donors (Lipinski definition) is 2. The minimum atomic E-state index is -0.137. The molecule has 2 aromatic carbocycles. The molecule has 3 rings (SSSR count). The zero-order chi connectivity index (χ0) is 15.4. The number of para-hydroxylation sites is 1. The molecule has 1 aliphatic heterocycles. The molecule has 1 saturated heterocycles. The molecular formula is C16H12BrN3OS. The lowest BCUT2D eigenvalue weighted by molar-refractivity contribution is -0.115. The Morgan fingerprint density at radius 2 is 1.82 bits per heavy atom. The van der Waals surface area contributed by atoms with Gasteiger partial charge in [-0.2, -0.15) is 0 Å². The van der Waals surface area contributed by atoms with Crippen molar-refractivity contribution < 1.29 is 4.79 Å². The van der Waals surface area contributed by atoms with Crippen LogP contribution in [0.25, 0.3) is 6.08 Å². The van der Waals surface area contributed by atoms with Gasteiger partial charge in [0.1, 0.15) is 0 Å². The average Bonchev–Trinajstić information content (AvgIpc) is 2.89. The molecule has 0 aromatic heterocycles. The molecule has 1 fully saturated rings. The van der Waals surface area contributed by atoms with Crippen LogP contribution in [0.4, 0.5) is 5.69 Å². The highest BCUT2D eigenvalue weighted by atomic mass is 79.9. The van der Waals surface area contributed by atoms with Gasteiger partial charge in [0.25, 0.3) is 5.91 Å². The lowest BCUT2D eigenvalue weighted by atomic mass is 10.2. The van der Waals surface area contributed by atoms with Crippen molar-refractivity contribution in [1.82, 2.24) is 5.32 Å². The number of anilines is 1. The first-order chi connectivity index (χ1) is 10.7. The maximum Gasteiger partial charge on any atom is 0.264 e. The van der Waals surface area contributed by atoms with Crippen LogP contribution in [-0.2, 0) is 4.79 Å². The monoisotopic (exact) mass is 373 g/mol. The molecule has 1 aliphatic rings. The molecule has 2 aromatic rings. The summed E-state index contributed by atoms with van der Waals surface area (Å²) < 4.78 is 1.01. The second kappa shape index (κ2) is 6.81. The minimum Gasteiger partial charge on any atom is -0.299 e. The van der Waals surface area contributed by atoms with E-state index in [0.29, 0.717) is 10.1 Å². The van der Waals surface area contributed by atoms with Crippen LogP contribution in [-0.4, -0.2) is 11.1 Å². The van der Waals surface area contributed by atoms with Crippen molar-refractivity contribution in [2.45, 2.75) is 0 Å². The Morgan fingerprint density at radius 3 is 2.55 bits per heavy atom. The van der Waals surface area contributed by atoms with Crippen LogP contribution >= 0.6 is 27.7 Å². The zero-order valence-corrected chi connectivity index (χ0v) is 13.8. The second-order valence-corrected chi connectivity index (χ2v) is 6.46. The van der Waals surface area contributed by atoms with Crippen molar-refractivity contribution in [3.63, 3.8) is 0 Å². The molecule has 0 atom stereocenters. The van der Waals surface area contributed by atoms with E-state index in [2.05, 4.69) is 31.8 Å². The highest BCUT2D eigenvalue weighted by Gasteiger charge is 2.23. The number of hydrazone groups is 1. The second-order valence-electron chi connectivity index (χ2n) is 4.51. The van der Waals surface area contributed by atoms with Crippen LogP contribution in [0.3, 0.4) is 0 Å². The van der Waals surface area contributed by atoms with Gasteiger partial charge in [-0.1, -0.05) is 46.3 Å². The summed E-state index contributed by atoms with van der Waals surface area (Å²) >= 11 is 4.70. The third-order valence-electron chi connectivity index (χ3n) is 2.88. The normalized spacial score (nSPS) is 17.8. The van der Waals surface area contributed by atoms with Gasteiger partial charge in [-0.25, -0.2) is 0 Å². The highest BCUT2D eigenvalue weighted by Crippen LogP contribution is 2.26. The number of carbonyl (C=O) groups excluding carboxylic acids is 1. The largest absolute Gasteiger partial charge is 0.299 e. The number of benzene rings is 2. The molecule has 0 saturated carbocycles. The Labute approximate surface area is 140 Å². The maximum atomic E-state index is 11.9. The number of rotatable bonds is 3. The number of carbonyl (C=O) groups is 1. The van der Waals surface area contributed by atoms with E-state index in [1.807, 2.05) is 60.7 Å². The van der Waals surface area contributed by atoms with Crippen molar-refractivity contribution in [3.05, 3.63) is 69.5 Å².